The molecule has 0 fully saturated rings. The second-order valence-electron chi connectivity index (χ2n) is 4.26. The van der Waals surface area contributed by atoms with E-state index in [1.165, 1.54) is 6.07 Å². The summed E-state index contributed by atoms with van der Waals surface area (Å²) in [6.07, 6.45) is 0. The summed E-state index contributed by atoms with van der Waals surface area (Å²) in [5.41, 5.74) is -0.533. The highest BCUT2D eigenvalue weighted by molar-refractivity contribution is 6.10. The highest BCUT2D eigenvalue weighted by Gasteiger charge is 2.40. The molecule has 0 saturated carbocycles. The van der Waals surface area contributed by atoms with Crippen LogP contribution in [0.3, 0.4) is 0 Å². The SMILES string of the molecule is CC1(C)C(=O)Nc2c(C(=O)O)cc(F)cc21. The third-order valence-corrected chi connectivity index (χ3v) is 2.81. The molecule has 16 heavy (non-hydrogen) atoms. The highest BCUT2D eigenvalue weighted by Crippen LogP contribution is 2.39. The van der Waals surface area contributed by atoms with Gasteiger partial charge in [0.15, 0.2) is 0 Å². The van der Waals surface area contributed by atoms with Gasteiger partial charge in [0, 0.05) is 0 Å². The van der Waals surface area contributed by atoms with E-state index in [1.54, 1.807) is 13.8 Å². The third kappa shape index (κ3) is 1.28. The van der Waals surface area contributed by atoms with Crippen molar-refractivity contribution in [2.24, 2.45) is 0 Å². The number of nitrogens with one attached hydrogen (secondary N) is 1. The van der Waals surface area contributed by atoms with E-state index in [2.05, 4.69) is 5.32 Å². The van der Waals surface area contributed by atoms with Crippen molar-refractivity contribution >= 4 is 17.6 Å². The number of amides is 1. The number of carboxylic acids is 1. The lowest BCUT2D eigenvalue weighted by Gasteiger charge is -2.15. The molecular formula is C11H10FNO3. The summed E-state index contributed by atoms with van der Waals surface area (Å²) in [7, 11) is 0. The first-order chi connectivity index (χ1) is 7.34. The lowest BCUT2D eigenvalue weighted by molar-refractivity contribution is -0.119. The molecule has 5 heteroatoms. The minimum atomic E-state index is -1.26. The Balaban J connectivity index is 2.74. The summed E-state index contributed by atoms with van der Waals surface area (Å²) in [6, 6.07) is 2.10. The number of rotatable bonds is 1. The van der Waals surface area contributed by atoms with Crippen LogP contribution in [-0.4, -0.2) is 17.0 Å². The molecule has 0 spiro atoms. The quantitative estimate of drug-likeness (QED) is 0.762. The van der Waals surface area contributed by atoms with E-state index in [0.29, 0.717) is 5.56 Å². The van der Waals surface area contributed by atoms with Gasteiger partial charge in [-0.2, -0.15) is 0 Å². The van der Waals surface area contributed by atoms with E-state index in [-0.39, 0.29) is 17.2 Å². The van der Waals surface area contributed by atoms with E-state index < -0.39 is 17.2 Å². The molecule has 0 unspecified atom stereocenters. The zero-order chi connectivity index (χ0) is 12.1. The summed E-state index contributed by atoms with van der Waals surface area (Å²) in [4.78, 5) is 22.5. The maximum Gasteiger partial charge on any atom is 0.337 e. The number of carbonyl (C=O) groups excluding carboxylic acids is 1. The first kappa shape index (κ1) is 10.6. The molecule has 0 aliphatic carbocycles. The highest BCUT2D eigenvalue weighted by atomic mass is 19.1. The number of benzene rings is 1. The van der Waals surface area contributed by atoms with Crippen LogP contribution < -0.4 is 5.32 Å². The van der Waals surface area contributed by atoms with Crippen molar-refractivity contribution < 1.29 is 19.1 Å². The zero-order valence-corrected chi connectivity index (χ0v) is 8.80. The molecule has 2 rings (SSSR count). The molecule has 1 aromatic carbocycles. The summed E-state index contributed by atoms with van der Waals surface area (Å²) >= 11 is 0. The largest absolute Gasteiger partial charge is 0.478 e. The molecule has 0 saturated heterocycles. The monoisotopic (exact) mass is 223 g/mol. The van der Waals surface area contributed by atoms with Gasteiger partial charge >= 0.3 is 5.97 Å². The molecular weight excluding hydrogens is 213 g/mol. The van der Waals surface area contributed by atoms with E-state index >= 15 is 0 Å². The average Bonchev–Trinajstić information content (AvgIpc) is 2.39. The van der Waals surface area contributed by atoms with E-state index in [4.69, 9.17) is 5.11 Å². The fraction of sp³-hybridized carbons (Fsp3) is 0.273. The molecule has 0 radical (unpaired) electrons. The van der Waals surface area contributed by atoms with E-state index in [0.717, 1.165) is 6.07 Å². The summed E-state index contributed by atoms with van der Waals surface area (Å²) < 4.78 is 13.3. The number of anilines is 1. The lowest BCUT2D eigenvalue weighted by Crippen LogP contribution is -2.26. The molecule has 84 valence electrons. The second-order valence-corrected chi connectivity index (χ2v) is 4.26. The number of hydrogen-bond donors (Lipinski definition) is 2. The van der Waals surface area contributed by atoms with Crippen molar-refractivity contribution in [2.45, 2.75) is 19.3 Å². The molecule has 0 aromatic heterocycles. The standard InChI is InChI=1S/C11H10FNO3/c1-11(2)7-4-5(12)3-6(9(14)15)8(7)13-10(11)16/h3-4H,1-2H3,(H,13,16)(H,14,15). The minimum absolute atomic E-state index is 0.198. The van der Waals surface area contributed by atoms with Crippen LogP contribution in [0.5, 0.6) is 0 Å². The Kier molecular flexibility index (Phi) is 2.01. The van der Waals surface area contributed by atoms with Crippen LogP contribution in [0.2, 0.25) is 0 Å². The van der Waals surface area contributed by atoms with Crippen LogP contribution >= 0.6 is 0 Å². The Morgan fingerprint density at radius 2 is 2.06 bits per heavy atom. The number of aromatic carboxylic acids is 1. The number of carboxylic acid groups (broad SMARTS) is 1. The average molecular weight is 223 g/mol. The molecule has 0 atom stereocenters. The van der Waals surface area contributed by atoms with Gasteiger partial charge in [-0.25, -0.2) is 9.18 Å². The molecule has 0 bridgehead atoms. The molecule has 1 amide bonds. The van der Waals surface area contributed by atoms with Crippen LogP contribution in [0, 0.1) is 5.82 Å². The molecule has 1 aromatic rings. The smallest absolute Gasteiger partial charge is 0.337 e. The first-order valence-corrected chi connectivity index (χ1v) is 4.73. The summed E-state index contributed by atoms with van der Waals surface area (Å²) in [6.45, 7) is 3.25. The van der Waals surface area contributed by atoms with E-state index in [9.17, 15) is 14.0 Å². The van der Waals surface area contributed by atoms with Crippen molar-refractivity contribution in [1.82, 2.24) is 0 Å². The molecule has 2 N–H and O–H groups in total. The van der Waals surface area contributed by atoms with Crippen molar-refractivity contribution in [3.8, 4) is 0 Å². The van der Waals surface area contributed by atoms with Crippen LogP contribution in [0.25, 0.3) is 0 Å². The number of hydrogen-bond acceptors (Lipinski definition) is 2. The number of fused-ring (bicyclic) bond motifs is 1. The Bertz CT molecular complexity index is 508. The van der Waals surface area contributed by atoms with Gasteiger partial charge in [0.2, 0.25) is 5.91 Å². The topological polar surface area (TPSA) is 66.4 Å². The Morgan fingerprint density at radius 3 is 2.62 bits per heavy atom. The van der Waals surface area contributed by atoms with Gasteiger partial charge < -0.3 is 10.4 Å². The Morgan fingerprint density at radius 1 is 1.44 bits per heavy atom. The Hall–Kier alpha value is -1.91. The first-order valence-electron chi connectivity index (χ1n) is 4.73. The van der Waals surface area contributed by atoms with Gasteiger partial charge in [-0.1, -0.05) is 0 Å². The van der Waals surface area contributed by atoms with Gasteiger partial charge in [-0.3, -0.25) is 4.79 Å². The van der Waals surface area contributed by atoms with Crippen molar-refractivity contribution in [3.05, 3.63) is 29.1 Å². The van der Waals surface area contributed by atoms with Crippen molar-refractivity contribution in [3.63, 3.8) is 0 Å². The third-order valence-electron chi connectivity index (χ3n) is 2.81. The molecule has 4 nitrogen and oxygen atoms in total. The molecule has 1 aliphatic heterocycles. The zero-order valence-electron chi connectivity index (χ0n) is 8.80. The Labute approximate surface area is 91.1 Å². The van der Waals surface area contributed by atoms with Gasteiger partial charge in [-0.05, 0) is 31.5 Å². The summed E-state index contributed by atoms with van der Waals surface area (Å²) in [5.74, 6) is -2.23. The minimum Gasteiger partial charge on any atom is -0.478 e. The lowest BCUT2D eigenvalue weighted by atomic mass is 9.85. The maximum atomic E-state index is 13.3. The summed E-state index contributed by atoms with van der Waals surface area (Å²) in [5, 5.41) is 11.4. The maximum absolute atomic E-state index is 13.3. The van der Waals surface area contributed by atoms with E-state index in [1.807, 2.05) is 0 Å². The van der Waals surface area contributed by atoms with Gasteiger partial charge in [-0.15, -0.1) is 0 Å². The van der Waals surface area contributed by atoms with Crippen molar-refractivity contribution in [2.75, 3.05) is 5.32 Å². The van der Waals surface area contributed by atoms with Gasteiger partial charge in [0.25, 0.3) is 0 Å². The van der Waals surface area contributed by atoms with Crippen LogP contribution in [-0.2, 0) is 10.2 Å². The van der Waals surface area contributed by atoms with Gasteiger partial charge in [0.05, 0.1) is 16.7 Å². The fourth-order valence-corrected chi connectivity index (χ4v) is 1.80. The van der Waals surface area contributed by atoms with Crippen molar-refractivity contribution in [1.29, 1.82) is 0 Å². The van der Waals surface area contributed by atoms with Crippen LogP contribution in [0.4, 0.5) is 10.1 Å². The normalized spacial score (nSPS) is 16.8. The van der Waals surface area contributed by atoms with Crippen LogP contribution in [0.1, 0.15) is 29.8 Å². The van der Waals surface area contributed by atoms with Crippen LogP contribution in [0.15, 0.2) is 12.1 Å². The number of carbonyl (C=O) groups is 2. The predicted octanol–water partition coefficient (Wildman–Crippen LogP) is 1.75. The fourth-order valence-electron chi connectivity index (χ4n) is 1.80. The number of halogens is 1. The second kappa shape index (κ2) is 3.04. The predicted molar refractivity (Wildman–Crippen MR) is 55.0 cm³/mol. The molecule has 1 aliphatic rings. The van der Waals surface area contributed by atoms with Gasteiger partial charge in [0.1, 0.15) is 5.82 Å². The molecule has 1 heterocycles.